The van der Waals surface area contributed by atoms with Crippen molar-refractivity contribution in [2.45, 2.75) is 0 Å². The van der Waals surface area contributed by atoms with Gasteiger partial charge in [-0.05, 0) is 35.1 Å². The Balaban J connectivity index is 2.68. The van der Waals surface area contributed by atoms with Crippen LogP contribution in [0.5, 0.6) is 0 Å². The minimum Gasteiger partial charge on any atom is -0.151 e. The van der Waals surface area contributed by atoms with Crippen molar-refractivity contribution in [3.63, 3.8) is 0 Å². The van der Waals surface area contributed by atoms with Crippen LogP contribution in [0, 0.1) is 36.0 Å². The van der Waals surface area contributed by atoms with E-state index in [0.29, 0.717) is 0 Å². The van der Waals surface area contributed by atoms with Gasteiger partial charge in [-0.1, -0.05) is 5.92 Å². The Kier molecular flexibility index (Phi) is 2.88. The van der Waals surface area contributed by atoms with Crippen LogP contribution in [-0.2, 0) is 0 Å². The molecule has 1 heterocycles. The predicted octanol–water partition coefficient (Wildman–Crippen LogP) is 1.74. The van der Waals surface area contributed by atoms with E-state index in [1.54, 1.807) is 11.3 Å². The normalized spacial score (nSPS) is 6.45. The first-order valence-electron chi connectivity index (χ1n) is 2.92. The summed E-state index contributed by atoms with van der Waals surface area (Å²) in [6.45, 7) is 0. The zero-order valence-electron chi connectivity index (χ0n) is 5.72. The molecule has 0 aliphatic carbocycles. The van der Waals surface area contributed by atoms with Gasteiger partial charge in [0.2, 0.25) is 0 Å². The van der Waals surface area contributed by atoms with Crippen LogP contribution in [-0.4, -0.2) is 0 Å². The molecule has 11 heavy (non-hydrogen) atoms. The van der Waals surface area contributed by atoms with Gasteiger partial charge in [0, 0.05) is 10.9 Å². The van der Waals surface area contributed by atoms with Crippen LogP contribution in [0.25, 0.3) is 0 Å². The summed E-state index contributed by atoms with van der Waals surface area (Å²) in [5.41, 5.74) is 0.987. The van der Waals surface area contributed by atoms with Gasteiger partial charge >= 0.3 is 0 Å². The second-order valence-electron chi connectivity index (χ2n) is 1.66. The molecule has 0 bridgehead atoms. The summed E-state index contributed by atoms with van der Waals surface area (Å²) >= 11 is 1.61. The van der Waals surface area contributed by atoms with Crippen LogP contribution in [0.2, 0.25) is 0 Å². The van der Waals surface area contributed by atoms with E-state index >= 15 is 0 Å². The molecule has 0 saturated carbocycles. The number of hydrogen-bond donors (Lipinski definition) is 0. The summed E-state index contributed by atoms with van der Waals surface area (Å²) in [5.74, 6) is 12.6. The number of hydrogen-bond acceptors (Lipinski definition) is 1. The molecule has 0 aliphatic rings. The maximum absolute atomic E-state index is 4.90. The van der Waals surface area contributed by atoms with Crippen molar-refractivity contribution in [3.05, 3.63) is 22.4 Å². The first kappa shape index (κ1) is 7.49. The van der Waals surface area contributed by atoms with E-state index in [-0.39, 0.29) is 0 Å². The molecule has 1 heteroatoms. The highest BCUT2D eigenvalue weighted by atomic mass is 32.1. The smallest absolute Gasteiger partial charge is 0.0362 e. The highest BCUT2D eigenvalue weighted by Crippen LogP contribution is 2.02. The second kappa shape index (κ2) is 4.24. The van der Waals surface area contributed by atoms with Gasteiger partial charge in [-0.15, -0.1) is 6.42 Å². The second-order valence-corrected chi connectivity index (χ2v) is 2.44. The zero-order valence-corrected chi connectivity index (χ0v) is 6.53. The van der Waals surface area contributed by atoms with E-state index in [2.05, 4.69) is 29.6 Å². The molecule has 0 unspecified atom stereocenters. The molecule has 0 spiro atoms. The molecule has 0 atom stereocenters. The lowest BCUT2D eigenvalue weighted by molar-refractivity contribution is 1.86. The highest BCUT2D eigenvalue weighted by molar-refractivity contribution is 7.08. The van der Waals surface area contributed by atoms with Crippen molar-refractivity contribution in [1.29, 1.82) is 0 Å². The third kappa shape index (κ3) is 2.63. The van der Waals surface area contributed by atoms with Gasteiger partial charge < -0.3 is 0 Å². The molecule has 1 aromatic heterocycles. The number of thiophene rings is 1. The Labute approximate surface area is 70.3 Å². The van der Waals surface area contributed by atoms with Crippen LogP contribution in [0.1, 0.15) is 5.56 Å². The maximum atomic E-state index is 4.90. The Hall–Kier alpha value is -1.62. The van der Waals surface area contributed by atoms with E-state index in [4.69, 9.17) is 6.42 Å². The maximum Gasteiger partial charge on any atom is 0.0362 e. The lowest BCUT2D eigenvalue weighted by atomic mass is 10.3. The molecular formula is C10H4S. The molecule has 0 aromatic carbocycles. The standard InChI is InChI=1S/C10H4S/c1-2-3-4-5-6-10-7-8-11-9-10/h1,7-9H. The lowest BCUT2D eigenvalue weighted by Gasteiger charge is -1.69. The molecule has 0 saturated heterocycles. The SMILES string of the molecule is C#CC#CC#Cc1ccsc1. The van der Waals surface area contributed by atoms with Crippen LogP contribution in [0.15, 0.2) is 16.8 Å². The fraction of sp³-hybridized carbons (Fsp3) is 0. The van der Waals surface area contributed by atoms with Crippen molar-refractivity contribution < 1.29 is 0 Å². The highest BCUT2D eigenvalue weighted by Gasteiger charge is 1.80. The van der Waals surface area contributed by atoms with Crippen LogP contribution in [0.4, 0.5) is 0 Å². The third-order valence-electron chi connectivity index (χ3n) is 0.925. The van der Waals surface area contributed by atoms with Crippen LogP contribution >= 0.6 is 11.3 Å². The van der Waals surface area contributed by atoms with Gasteiger partial charge in [0.1, 0.15) is 0 Å². The van der Waals surface area contributed by atoms with E-state index in [1.165, 1.54) is 0 Å². The Bertz CT molecular complexity index is 368. The van der Waals surface area contributed by atoms with Crippen molar-refractivity contribution in [2.75, 3.05) is 0 Å². The van der Waals surface area contributed by atoms with Crippen LogP contribution < -0.4 is 0 Å². The molecule has 0 radical (unpaired) electrons. The van der Waals surface area contributed by atoms with Crippen molar-refractivity contribution in [3.8, 4) is 36.0 Å². The molecule has 1 aromatic rings. The summed E-state index contributed by atoms with van der Waals surface area (Å²) in [6, 6.07) is 1.94. The molecule has 0 amide bonds. The molecule has 50 valence electrons. The van der Waals surface area contributed by atoms with Gasteiger partial charge in [0.25, 0.3) is 0 Å². The van der Waals surface area contributed by atoms with E-state index in [9.17, 15) is 0 Å². The van der Waals surface area contributed by atoms with Gasteiger partial charge in [0.15, 0.2) is 0 Å². The van der Waals surface area contributed by atoms with Crippen molar-refractivity contribution in [1.82, 2.24) is 0 Å². The van der Waals surface area contributed by atoms with Crippen LogP contribution in [0.3, 0.4) is 0 Å². The Morgan fingerprint density at radius 2 is 2.18 bits per heavy atom. The predicted molar refractivity (Wildman–Crippen MR) is 47.8 cm³/mol. The summed E-state index contributed by atoms with van der Waals surface area (Å²) < 4.78 is 0. The zero-order chi connectivity index (χ0) is 7.94. The summed E-state index contributed by atoms with van der Waals surface area (Å²) in [6.07, 6.45) is 4.90. The molecule has 0 N–H and O–H groups in total. The number of terminal acetylenes is 1. The van der Waals surface area contributed by atoms with E-state index in [0.717, 1.165) is 5.56 Å². The first-order chi connectivity index (χ1) is 5.43. The van der Waals surface area contributed by atoms with E-state index < -0.39 is 0 Å². The fourth-order valence-corrected chi connectivity index (χ4v) is 1.09. The lowest BCUT2D eigenvalue weighted by Crippen LogP contribution is -1.60. The largest absolute Gasteiger partial charge is 0.151 e. The minimum absolute atomic E-state index is 0.987. The Morgan fingerprint density at radius 3 is 2.82 bits per heavy atom. The Morgan fingerprint density at radius 1 is 1.27 bits per heavy atom. The molecular weight excluding hydrogens is 152 g/mol. The summed E-state index contributed by atoms with van der Waals surface area (Å²) in [7, 11) is 0. The number of rotatable bonds is 0. The quantitative estimate of drug-likeness (QED) is 0.502. The summed E-state index contributed by atoms with van der Waals surface area (Å²) in [5, 5.41) is 3.93. The van der Waals surface area contributed by atoms with Crippen molar-refractivity contribution >= 4 is 11.3 Å². The van der Waals surface area contributed by atoms with Gasteiger partial charge in [-0.3, -0.25) is 0 Å². The average Bonchev–Trinajstić information content (AvgIpc) is 2.50. The fourth-order valence-electron chi connectivity index (χ4n) is 0.506. The summed E-state index contributed by atoms with van der Waals surface area (Å²) in [4.78, 5) is 0. The van der Waals surface area contributed by atoms with Gasteiger partial charge in [0.05, 0.1) is 0 Å². The average molecular weight is 156 g/mol. The first-order valence-corrected chi connectivity index (χ1v) is 3.86. The monoisotopic (exact) mass is 156 g/mol. The third-order valence-corrected chi connectivity index (χ3v) is 1.61. The van der Waals surface area contributed by atoms with Gasteiger partial charge in [-0.25, -0.2) is 0 Å². The van der Waals surface area contributed by atoms with Crippen molar-refractivity contribution in [2.24, 2.45) is 0 Å². The molecule has 0 nitrogen and oxygen atoms in total. The topological polar surface area (TPSA) is 0 Å². The molecule has 1 rings (SSSR count). The van der Waals surface area contributed by atoms with Gasteiger partial charge in [-0.2, -0.15) is 11.3 Å². The molecule has 0 aliphatic heterocycles. The molecule has 0 fully saturated rings. The van der Waals surface area contributed by atoms with E-state index in [1.807, 2.05) is 16.8 Å². The minimum atomic E-state index is 0.987.